The highest BCUT2D eigenvalue weighted by Gasteiger charge is 1.92. The summed E-state index contributed by atoms with van der Waals surface area (Å²) in [6.07, 6.45) is 3.49. The molecular weight excluding hydrogens is 116 g/mol. The maximum Gasteiger partial charge on any atom is 0.0685 e. The number of hydrogen-bond donors (Lipinski definition) is 1. The maximum absolute atomic E-state index is 8.42. The molecule has 0 aliphatic carbocycles. The molecule has 1 radical (unpaired) electrons. The van der Waals surface area contributed by atoms with Crippen LogP contribution in [-0.2, 0) is 7.05 Å². The molecule has 0 saturated heterocycles. The molecule has 0 saturated carbocycles. The number of aliphatic hydroxyl groups is 1. The number of nitrogens with zero attached hydrogens (tertiary/aromatic N) is 2. The fraction of sp³-hybridized carbons (Fsp3) is 0.333. The van der Waals surface area contributed by atoms with Crippen LogP contribution in [0.1, 0.15) is 5.69 Å². The zero-order chi connectivity index (χ0) is 6.69. The highest BCUT2D eigenvalue weighted by atomic mass is 16.3. The van der Waals surface area contributed by atoms with E-state index in [1.54, 1.807) is 11.1 Å². The van der Waals surface area contributed by atoms with Gasteiger partial charge in [0.25, 0.3) is 0 Å². The largest absolute Gasteiger partial charge is 0.396 e. The van der Waals surface area contributed by atoms with Crippen molar-refractivity contribution >= 4 is 0 Å². The third-order valence-corrected chi connectivity index (χ3v) is 1.03. The molecule has 1 rings (SSSR count). The number of aromatic nitrogens is 2. The molecule has 0 fully saturated rings. The zero-order valence-corrected chi connectivity index (χ0v) is 5.28. The van der Waals surface area contributed by atoms with Crippen molar-refractivity contribution in [2.45, 2.75) is 0 Å². The predicted octanol–water partition coefficient (Wildman–Crippen LogP) is -0.0352. The second-order valence-electron chi connectivity index (χ2n) is 1.80. The molecule has 3 heteroatoms. The topological polar surface area (TPSA) is 38.0 Å². The van der Waals surface area contributed by atoms with Crippen molar-refractivity contribution in [2.24, 2.45) is 7.05 Å². The van der Waals surface area contributed by atoms with Crippen LogP contribution in [0.25, 0.3) is 0 Å². The Bertz CT molecular complexity index is 183. The quantitative estimate of drug-likeness (QED) is 0.602. The second-order valence-corrected chi connectivity index (χ2v) is 1.80. The first-order valence-electron chi connectivity index (χ1n) is 2.76. The van der Waals surface area contributed by atoms with Crippen LogP contribution in [0.3, 0.4) is 0 Å². The van der Waals surface area contributed by atoms with Crippen LogP contribution in [0.2, 0.25) is 0 Å². The van der Waals surface area contributed by atoms with Gasteiger partial charge in [0.15, 0.2) is 0 Å². The lowest BCUT2D eigenvalue weighted by Gasteiger charge is -1.86. The van der Waals surface area contributed by atoms with E-state index in [4.69, 9.17) is 5.11 Å². The predicted molar refractivity (Wildman–Crippen MR) is 33.7 cm³/mol. The van der Waals surface area contributed by atoms with E-state index in [1.165, 1.54) is 0 Å². The molecule has 49 valence electrons. The molecule has 0 amide bonds. The fourth-order valence-electron chi connectivity index (χ4n) is 0.635. The normalized spacial score (nSPS) is 10.0. The fourth-order valence-corrected chi connectivity index (χ4v) is 0.635. The van der Waals surface area contributed by atoms with Gasteiger partial charge in [-0.15, -0.1) is 0 Å². The maximum atomic E-state index is 8.42. The molecule has 0 aromatic carbocycles. The number of aliphatic hydroxyl groups excluding tert-OH is 1. The molecule has 0 spiro atoms. The standard InChI is InChI=1S/C6H9N2O/c1-8-4-2-6(7-8)3-5-9/h2-4,9H,5H2,1H3. The van der Waals surface area contributed by atoms with Crippen molar-refractivity contribution in [3.05, 3.63) is 24.4 Å². The smallest absolute Gasteiger partial charge is 0.0685 e. The summed E-state index contributed by atoms with van der Waals surface area (Å²) in [5.41, 5.74) is 0.819. The Balaban J connectivity index is 2.61. The second kappa shape index (κ2) is 2.64. The van der Waals surface area contributed by atoms with Crippen molar-refractivity contribution in [3.8, 4) is 0 Å². The van der Waals surface area contributed by atoms with Gasteiger partial charge in [-0.05, 0) is 6.07 Å². The van der Waals surface area contributed by atoms with Gasteiger partial charge in [-0.25, -0.2) is 0 Å². The first-order valence-corrected chi connectivity index (χ1v) is 2.76. The molecular formula is C6H9N2O. The molecule has 0 bridgehead atoms. The molecule has 0 aliphatic rings. The van der Waals surface area contributed by atoms with Gasteiger partial charge in [-0.3, -0.25) is 4.68 Å². The monoisotopic (exact) mass is 125 g/mol. The average molecular weight is 125 g/mol. The highest BCUT2D eigenvalue weighted by molar-refractivity contribution is 5.09. The van der Waals surface area contributed by atoms with Crippen LogP contribution in [0.15, 0.2) is 12.3 Å². The Morgan fingerprint density at radius 3 is 3.11 bits per heavy atom. The summed E-state index contributed by atoms with van der Waals surface area (Å²) in [5.74, 6) is 0. The van der Waals surface area contributed by atoms with E-state index in [-0.39, 0.29) is 6.61 Å². The van der Waals surface area contributed by atoms with Gasteiger partial charge in [-0.1, -0.05) is 0 Å². The first kappa shape index (κ1) is 6.29. The van der Waals surface area contributed by atoms with Crippen molar-refractivity contribution in [3.63, 3.8) is 0 Å². The van der Waals surface area contributed by atoms with Crippen LogP contribution in [0, 0.1) is 6.42 Å². The van der Waals surface area contributed by atoms with Crippen LogP contribution >= 0.6 is 0 Å². The summed E-state index contributed by atoms with van der Waals surface area (Å²) in [6.45, 7) is 0.0526. The Kier molecular flexibility index (Phi) is 1.85. The Morgan fingerprint density at radius 1 is 1.89 bits per heavy atom. The van der Waals surface area contributed by atoms with E-state index >= 15 is 0 Å². The average Bonchev–Trinajstić information content (AvgIpc) is 2.17. The molecule has 9 heavy (non-hydrogen) atoms. The highest BCUT2D eigenvalue weighted by Crippen LogP contribution is 1.95. The third kappa shape index (κ3) is 1.54. The van der Waals surface area contributed by atoms with Crippen LogP contribution in [-0.4, -0.2) is 21.5 Å². The van der Waals surface area contributed by atoms with Crippen molar-refractivity contribution in [1.82, 2.24) is 9.78 Å². The lowest BCUT2D eigenvalue weighted by Crippen LogP contribution is -1.91. The van der Waals surface area contributed by atoms with Crippen LogP contribution in [0.5, 0.6) is 0 Å². The van der Waals surface area contributed by atoms with E-state index in [0.29, 0.717) is 0 Å². The Labute approximate surface area is 53.9 Å². The Hall–Kier alpha value is -0.830. The van der Waals surface area contributed by atoms with E-state index in [2.05, 4.69) is 5.10 Å². The van der Waals surface area contributed by atoms with Gasteiger partial charge in [0, 0.05) is 19.7 Å². The van der Waals surface area contributed by atoms with Gasteiger partial charge < -0.3 is 5.11 Å². The molecule has 1 heterocycles. The summed E-state index contributed by atoms with van der Waals surface area (Å²) in [5, 5.41) is 12.4. The van der Waals surface area contributed by atoms with Gasteiger partial charge >= 0.3 is 0 Å². The molecule has 0 unspecified atom stereocenters. The van der Waals surface area contributed by atoms with Crippen molar-refractivity contribution in [1.29, 1.82) is 0 Å². The van der Waals surface area contributed by atoms with Gasteiger partial charge in [0.1, 0.15) is 0 Å². The van der Waals surface area contributed by atoms with E-state index in [0.717, 1.165) is 5.69 Å². The Morgan fingerprint density at radius 2 is 2.67 bits per heavy atom. The van der Waals surface area contributed by atoms with E-state index in [1.807, 2.05) is 19.3 Å². The number of aryl methyl sites for hydroxylation is 1. The minimum atomic E-state index is 0.0526. The number of hydrogen-bond acceptors (Lipinski definition) is 2. The first-order chi connectivity index (χ1) is 4.33. The molecule has 0 atom stereocenters. The van der Waals surface area contributed by atoms with Crippen molar-refractivity contribution < 1.29 is 5.11 Å². The molecule has 1 aromatic rings. The summed E-state index contributed by atoms with van der Waals surface area (Å²) in [7, 11) is 1.84. The number of rotatable bonds is 2. The lowest BCUT2D eigenvalue weighted by atomic mass is 10.3. The zero-order valence-electron chi connectivity index (χ0n) is 5.28. The summed E-state index contributed by atoms with van der Waals surface area (Å²) in [6, 6.07) is 1.84. The van der Waals surface area contributed by atoms with Crippen LogP contribution < -0.4 is 0 Å². The molecule has 3 nitrogen and oxygen atoms in total. The molecule has 1 N–H and O–H groups in total. The van der Waals surface area contributed by atoms with Gasteiger partial charge in [-0.2, -0.15) is 5.10 Å². The summed E-state index contributed by atoms with van der Waals surface area (Å²) < 4.78 is 1.70. The SMILES string of the molecule is Cn1ccc([CH]CO)n1. The minimum Gasteiger partial charge on any atom is -0.396 e. The van der Waals surface area contributed by atoms with E-state index < -0.39 is 0 Å². The third-order valence-electron chi connectivity index (χ3n) is 1.03. The van der Waals surface area contributed by atoms with Crippen molar-refractivity contribution in [2.75, 3.05) is 6.61 Å². The molecule has 0 aliphatic heterocycles. The minimum absolute atomic E-state index is 0.0526. The summed E-state index contributed by atoms with van der Waals surface area (Å²) in [4.78, 5) is 0. The summed E-state index contributed by atoms with van der Waals surface area (Å²) >= 11 is 0. The van der Waals surface area contributed by atoms with Crippen LogP contribution in [0.4, 0.5) is 0 Å². The van der Waals surface area contributed by atoms with Gasteiger partial charge in [0.05, 0.1) is 12.3 Å². The van der Waals surface area contributed by atoms with E-state index in [9.17, 15) is 0 Å². The van der Waals surface area contributed by atoms with Gasteiger partial charge in [0.2, 0.25) is 0 Å². The lowest BCUT2D eigenvalue weighted by molar-refractivity contribution is 0.330. The molecule has 1 aromatic heterocycles.